The van der Waals surface area contributed by atoms with Gasteiger partial charge in [-0.05, 0) is 37.9 Å². The van der Waals surface area contributed by atoms with E-state index in [2.05, 4.69) is 19.9 Å². The molecule has 2 saturated heterocycles. The van der Waals surface area contributed by atoms with E-state index < -0.39 is 17.8 Å². The van der Waals surface area contributed by atoms with Gasteiger partial charge in [0.1, 0.15) is 52.1 Å². The molecule has 0 saturated carbocycles. The van der Waals surface area contributed by atoms with Crippen molar-refractivity contribution in [2.45, 2.75) is 31.5 Å². The Morgan fingerprint density at radius 3 is 2.81 bits per heavy atom. The maximum atomic E-state index is 16.0. The number of thiophene rings is 1. The standard InChI is InChI=1S/C21H16F2N6O3S.C7H12FN/c1-31-21-27-16-13-19(28-21)29(4-6-30)5-7-32-20(13)26-15(14(16)23)9-2-3-11(22)17-12(9)10(8-24)18(25)33-17;8-6-4-7-2-1-3-9(7)5-6/h2-3,30H,4-7,25H2,1H3;6-7H,1-5H2. The average molecular weight is 600 g/mol. The van der Waals surface area contributed by atoms with Crippen molar-refractivity contribution in [3.05, 3.63) is 29.3 Å². The van der Waals surface area contributed by atoms with Crippen LogP contribution in [-0.4, -0.2) is 83.7 Å². The number of benzene rings is 1. The first-order valence-corrected chi connectivity index (χ1v) is 14.4. The van der Waals surface area contributed by atoms with Crippen molar-refractivity contribution >= 4 is 43.1 Å². The predicted molar refractivity (Wildman–Crippen MR) is 153 cm³/mol. The normalized spacial score (nSPS) is 19.7. The first-order chi connectivity index (χ1) is 20.3. The molecular formula is C28H28F3N7O3S. The average Bonchev–Trinajstić information content (AvgIpc) is 3.63. The Balaban J connectivity index is 0.000000296. The van der Waals surface area contributed by atoms with Gasteiger partial charge in [-0.15, -0.1) is 11.3 Å². The number of nitriles is 1. The molecule has 3 aliphatic rings. The van der Waals surface area contributed by atoms with Gasteiger partial charge in [-0.2, -0.15) is 15.2 Å². The maximum absolute atomic E-state index is 16.0. The minimum absolute atomic E-state index is 0.0488. The van der Waals surface area contributed by atoms with E-state index in [-0.39, 0.29) is 74.5 Å². The first kappa shape index (κ1) is 28.2. The van der Waals surface area contributed by atoms with Gasteiger partial charge in [0.2, 0.25) is 5.88 Å². The number of rotatable bonds is 4. The van der Waals surface area contributed by atoms with Crippen LogP contribution in [0, 0.1) is 23.0 Å². The quantitative estimate of drug-likeness (QED) is 0.354. The second-order valence-electron chi connectivity index (χ2n) is 10.3. The molecule has 1 aromatic carbocycles. The monoisotopic (exact) mass is 599 g/mol. The summed E-state index contributed by atoms with van der Waals surface area (Å²) in [6.07, 6.45) is 2.81. The highest BCUT2D eigenvalue weighted by atomic mass is 32.1. The molecule has 2 unspecified atom stereocenters. The number of ether oxygens (including phenoxy) is 2. The Labute approximate surface area is 243 Å². The van der Waals surface area contributed by atoms with Crippen molar-refractivity contribution in [1.29, 1.82) is 5.26 Å². The van der Waals surface area contributed by atoms with Crippen molar-refractivity contribution in [3.8, 4) is 29.2 Å². The summed E-state index contributed by atoms with van der Waals surface area (Å²) in [5.41, 5.74) is 5.88. The van der Waals surface area contributed by atoms with Crippen LogP contribution < -0.4 is 20.1 Å². The number of β-amino-alcohol motifs (C(OH)–C–C–N with tert-alkyl or cyclic N) is 1. The number of alkyl halides is 1. The number of aliphatic hydroxyl groups is 1. The summed E-state index contributed by atoms with van der Waals surface area (Å²) < 4.78 is 54.2. The van der Waals surface area contributed by atoms with Crippen molar-refractivity contribution in [2.75, 3.05) is 57.1 Å². The van der Waals surface area contributed by atoms with E-state index in [1.54, 1.807) is 4.90 Å². The van der Waals surface area contributed by atoms with Gasteiger partial charge in [0.05, 0.1) is 30.5 Å². The molecule has 3 N–H and O–H groups in total. The number of nitrogen functional groups attached to an aromatic ring is 1. The van der Waals surface area contributed by atoms with E-state index in [1.165, 1.54) is 32.1 Å². The molecule has 3 aliphatic heterocycles. The molecule has 0 spiro atoms. The molecule has 2 fully saturated rings. The SMILES string of the molecule is COc1nc2c3c(nc(-c4ccc(F)c5sc(N)c(C#N)c45)c(F)c3n1)OCCN2CCO.FC1CC2CCCN2C1. The molecule has 6 heterocycles. The lowest BCUT2D eigenvalue weighted by molar-refractivity contribution is 0.290. The zero-order chi connectivity index (χ0) is 29.5. The second kappa shape index (κ2) is 11.4. The third kappa shape index (κ3) is 4.81. The van der Waals surface area contributed by atoms with Crippen LogP contribution in [0.2, 0.25) is 0 Å². The zero-order valence-corrected chi connectivity index (χ0v) is 23.6. The van der Waals surface area contributed by atoms with Crippen molar-refractivity contribution in [1.82, 2.24) is 19.9 Å². The molecule has 220 valence electrons. The number of anilines is 2. The molecular weight excluding hydrogens is 571 g/mol. The molecule has 4 aromatic rings. The number of nitrogens with two attached hydrogens (primary N) is 1. The highest BCUT2D eigenvalue weighted by Crippen LogP contribution is 2.44. The van der Waals surface area contributed by atoms with Crippen LogP contribution in [0.3, 0.4) is 0 Å². The predicted octanol–water partition coefficient (Wildman–Crippen LogP) is 4.03. The van der Waals surface area contributed by atoms with Crippen molar-refractivity contribution < 1.29 is 27.8 Å². The van der Waals surface area contributed by atoms with Gasteiger partial charge in [0.15, 0.2) is 5.82 Å². The summed E-state index contributed by atoms with van der Waals surface area (Å²) in [4.78, 5) is 16.9. The van der Waals surface area contributed by atoms with Crippen molar-refractivity contribution in [3.63, 3.8) is 0 Å². The summed E-state index contributed by atoms with van der Waals surface area (Å²) in [5.74, 6) is -0.989. The molecule has 10 nitrogen and oxygen atoms in total. The van der Waals surface area contributed by atoms with Crippen LogP contribution in [0.1, 0.15) is 24.8 Å². The van der Waals surface area contributed by atoms with Gasteiger partial charge in [0.25, 0.3) is 0 Å². The van der Waals surface area contributed by atoms with Gasteiger partial charge in [0, 0.05) is 30.1 Å². The van der Waals surface area contributed by atoms with Gasteiger partial charge >= 0.3 is 6.01 Å². The van der Waals surface area contributed by atoms with E-state index in [9.17, 15) is 19.1 Å². The van der Waals surface area contributed by atoms with Gasteiger partial charge < -0.3 is 25.2 Å². The fourth-order valence-electron chi connectivity index (χ4n) is 5.93. The number of halogens is 3. The number of fused-ring (bicyclic) bond motifs is 2. The Morgan fingerprint density at radius 1 is 1.24 bits per heavy atom. The molecule has 0 bridgehead atoms. The Morgan fingerprint density at radius 2 is 2.07 bits per heavy atom. The zero-order valence-electron chi connectivity index (χ0n) is 22.7. The van der Waals surface area contributed by atoms with Crippen LogP contribution >= 0.6 is 11.3 Å². The summed E-state index contributed by atoms with van der Waals surface area (Å²) in [6.45, 7) is 2.50. The van der Waals surface area contributed by atoms with E-state index >= 15 is 4.39 Å². The molecule has 0 aliphatic carbocycles. The minimum atomic E-state index is -0.813. The molecule has 42 heavy (non-hydrogen) atoms. The number of nitrogens with zero attached hydrogens (tertiary/aromatic N) is 6. The van der Waals surface area contributed by atoms with Gasteiger partial charge in [-0.1, -0.05) is 0 Å². The summed E-state index contributed by atoms with van der Waals surface area (Å²) in [5, 5.41) is 19.6. The highest BCUT2D eigenvalue weighted by molar-refractivity contribution is 7.23. The highest BCUT2D eigenvalue weighted by Gasteiger charge is 2.35. The number of hydrogen-bond donors (Lipinski definition) is 2. The summed E-state index contributed by atoms with van der Waals surface area (Å²) >= 11 is 0.910. The largest absolute Gasteiger partial charge is 0.475 e. The van der Waals surface area contributed by atoms with Crippen molar-refractivity contribution in [2.24, 2.45) is 0 Å². The molecule has 14 heteroatoms. The lowest BCUT2D eigenvalue weighted by Gasteiger charge is -2.21. The fraction of sp³-hybridized carbons (Fsp3) is 0.429. The smallest absolute Gasteiger partial charge is 0.318 e. The number of pyridine rings is 1. The third-order valence-corrected chi connectivity index (χ3v) is 8.84. The third-order valence-electron chi connectivity index (χ3n) is 7.81. The lowest BCUT2D eigenvalue weighted by atomic mass is 10.0. The Hall–Kier alpha value is -3.93. The number of aromatic nitrogens is 3. The van der Waals surface area contributed by atoms with Gasteiger partial charge in [-0.25, -0.2) is 18.2 Å². The lowest BCUT2D eigenvalue weighted by Crippen LogP contribution is -2.30. The van der Waals surface area contributed by atoms with Crippen LogP contribution in [0.25, 0.3) is 32.2 Å². The van der Waals surface area contributed by atoms with E-state index in [1.807, 2.05) is 6.07 Å². The number of aliphatic hydroxyl groups excluding tert-OH is 1. The Bertz CT molecular complexity index is 1700. The molecule has 0 radical (unpaired) electrons. The topological polar surface area (TPSA) is 134 Å². The van der Waals surface area contributed by atoms with Crippen LogP contribution in [0.4, 0.5) is 24.0 Å². The maximum Gasteiger partial charge on any atom is 0.318 e. The van der Waals surface area contributed by atoms with Gasteiger partial charge in [-0.3, -0.25) is 4.90 Å². The van der Waals surface area contributed by atoms with E-state index in [0.717, 1.165) is 24.3 Å². The number of hydrogen-bond acceptors (Lipinski definition) is 11. The minimum Gasteiger partial charge on any atom is -0.475 e. The second-order valence-corrected chi connectivity index (χ2v) is 11.3. The van der Waals surface area contributed by atoms with Crippen LogP contribution in [-0.2, 0) is 0 Å². The summed E-state index contributed by atoms with van der Waals surface area (Å²) in [6, 6.07) is 5.03. The molecule has 3 aromatic heterocycles. The first-order valence-electron chi connectivity index (χ1n) is 13.6. The Kier molecular flexibility index (Phi) is 7.65. The molecule has 2 atom stereocenters. The molecule has 7 rings (SSSR count). The number of methoxy groups -OCH3 is 1. The van der Waals surface area contributed by atoms with E-state index in [4.69, 9.17) is 15.2 Å². The molecule has 0 amide bonds. The van der Waals surface area contributed by atoms with E-state index in [0.29, 0.717) is 24.9 Å². The summed E-state index contributed by atoms with van der Waals surface area (Å²) in [7, 11) is 1.36. The van der Waals surface area contributed by atoms with Crippen LogP contribution in [0.15, 0.2) is 12.1 Å². The van der Waals surface area contributed by atoms with Crippen LogP contribution in [0.5, 0.6) is 11.9 Å². The fourth-order valence-corrected chi connectivity index (χ4v) is 6.88.